The fourth-order valence-corrected chi connectivity index (χ4v) is 0.831. The molecular weight excluding hydrogens is 210 g/mol. The Labute approximate surface area is 84.9 Å². The summed E-state index contributed by atoms with van der Waals surface area (Å²) in [5, 5.41) is 10.7. The molecule has 76 valence electrons. The molecule has 1 rings (SSSR count). The van der Waals surface area contributed by atoms with Crippen LogP contribution >= 0.6 is 11.6 Å². The maximum atomic E-state index is 10.9. The van der Waals surface area contributed by atoms with Crippen LogP contribution in [-0.2, 0) is 4.74 Å². The van der Waals surface area contributed by atoms with Crippen LogP contribution in [0.25, 0.3) is 0 Å². The van der Waals surface area contributed by atoms with E-state index in [1.54, 1.807) is 0 Å². The van der Waals surface area contributed by atoms with Crippen LogP contribution in [0.15, 0.2) is 12.3 Å². The molecule has 0 bridgehead atoms. The molecule has 0 spiro atoms. The van der Waals surface area contributed by atoms with Gasteiger partial charge in [0.25, 0.3) is 0 Å². The number of hydrogen-bond acceptors (Lipinski definition) is 5. The quantitative estimate of drug-likeness (QED) is 0.727. The number of ether oxygens (including phenoxy) is 1. The molecule has 7 heteroatoms. The number of carbonyl (C=O) groups is 1. The summed E-state index contributed by atoms with van der Waals surface area (Å²) >= 11 is 5.48. The molecule has 2 N–H and O–H groups in total. The highest BCUT2D eigenvalue weighted by molar-refractivity contribution is 6.28. The molecule has 0 radical (unpaired) electrons. The van der Waals surface area contributed by atoms with Crippen LogP contribution in [0.3, 0.4) is 0 Å². The van der Waals surface area contributed by atoms with Crippen molar-refractivity contribution in [1.29, 1.82) is 0 Å². The third kappa shape index (κ3) is 3.55. The molecule has 1 amide bonds. The summed E-state index contributed by atoms with van der Waals surface area (Å²) in [6, 6.07) is 1.46. The number of hydrogen-bond donors (Lipinski definition) is 2. The van der Waals surface area contributed by atoms with Crippen molar-refractivity contribution in [2.45, 2.75) is 0 Å². The number of nitrogens with one attached hydrogen (secondary N) is 1. The molecule has 1 heterocycles. The fourth-order valence-electron chi connectivity index (χ4n) is 0.684. The lowest BCUT2D eigenvalue weighted by Crippen LogP contribution is -2.16. The Morgan fingerprint density at radius 3 is 3.14 bits per heavy atom. The van der Waals surface area contributed by atoms with Crippen LogP contribution in [0, 0.1) is 0 Å². The molecule has 0 aromatic carbocycles. The van der Waals surface area contributed by atoms with Crippen LogP contribution in [0.2, 0.25) is 5.28 Å². The number of amides is 1. The molecule has 0 aliphatic rings. The highest BCUT2D eigenvalue weighted by atomic mass is 35.5. The standard InChI is InChI=1S/C7H8ClN3O3/c8-6-9-2-1-5(10-6)11-7(13)14-4-3-12/h1-2,12H,3-4H2,(H,9,10,11,13). The smallest absolute Gasteiger partial charge is 0.412 e. The van der Waals surface area contributed by atoms with Crippen LogP contribution < -0.4 is 5.32 Å². The SMILES string of the molecule is O=C(Nc1ccnc(Cl)n1)OCCO. The lowest BCUT2D eigenvalue weighted by Gasteiger charge is -2.04. The second kappa shape index (κ2) is 5.36. The van der Waals surface area contributed by atoms with Crippen molar-refractivity contribution in [2.75, 3.05) is 18.5 Å². The molecular formula is C7H8ClN3O3. The third-order valence-electron chi connectivity index (χ3n) is 1.18. The van der Waals surface area contributed by atoms with E-state index in [0.717, 1.165) is 0 Å². The van der Waals surface area contributed by atoms with E-state index in [4.69, 9.17) is 16.7 Å². The minimum Gasteiger partial charge on any atom is -0.447 e. The first-order valence-electron chi connectivity index (χ1n) is 3.75. The normalized spacial score (nSPS) is 9.57. The van der Waals surface area contributed by atoms with Gasteiger partial charge in [-0.3, -0.25) is 5.32 Å². The van der Waals surface area contributed by atoms with Gasteiger partial charge >= 0.3 is 6.09 Å². The van der Waals surface area contributed by atoms with Crippen molar-refractivity contribution in [3.63, 3.8) is 0 Å². The Morgan fingerprint density at radius 2 is 2.50 bits per heavy atom. The average Bonchev–Trinajstić information content (AvgIpc) is 2.15. The molecule has 6 nitrogen and oxygen atoms in total. The summed E-state index contributed by atoms with van der Waals surface area (Å²) in [5.41, 5.74) is 0. The van der Waals surface area contributed by atoms with E-state index < -0.39 is 6.09 Å². The van der Waals surface area contributed by atoms with E-state index in [0.29, 0.717) is 0 Å². The van der Waals surface area contributed by atoms with Crippen molar-refractivity contribution in [2.24, 2.45) is 0 Å². The minimum atomic E-state index is -0.700. The Morgan fingerprint density at radius 1 is 1.71 bits per heavy atom. The Kier molecular flexibility index (Phi) is 4.09. The fraction of sp³-hybridized carbons (Fsp3) is 0.286. The molecule has 0 aliphatic carbocycles. The van der Waals surface area contributed by atoms with E-state index in [2.05, 4.69) is 20.0 Å². The van der Waals surface area contributed by atoms with Gasteiger partial charge in [0.05, 0.1) is 6.61 Å². The zero-order valence-electron chi connectivity index (χ0n) is 7.11. The predicted molar refractivity (Wildman–Crippen MR) is 49.1 cm³/mol. The van der Waals surface area contributed by atoms with Crippen LogP contribution in [0.5, 0.6) is 0 Å². The Balaban J connectivity index is 2.47. The van der Waals surface area contributed by atoms with Crippen molar-refractivity contribution in [3.8, 4) is 0 Å². The van der Waals surface area contributed by atoms with Gasteiger partial charge in [-0.25, -0.2) is 14.8 Å². The molecule has 0 unspecified atom stereocenters. The van der Waals surface area contributed by atoms with Gasteiger partial charge in [-0.15, -0.1) is 0 Å². The van der Waals surface area contributed by atoms with Gasteiger partial charge in [-0.05, 0) is 17.7 Å². The Hall–Kier alpha value is -1.40. The lowest BCUT2D eigenvalue weighted by molar-refractivity contribution is 0.131. The van der Waals surface area contributed by atoms with E-state index >= 15 is 0 Å². The molecule has 0 aliphatic heterocycles. The second-order valence-corrected chi connectivity index (χ2v) is 2.53. The van der Waals surface area contributed by atoms with Crippen molar-refractivity contribution >= 4 is 23.5 Å². The maximum Gasteiger partial charge on any atom is 0.412 e. The van der Waals surface area contributed by atoms with Crippen molar-refractivity contribution in [1.82, 2.24) is 9.97 Å². The van der Waals surface area contributed by atoms with Gasteiger partial charge in [0.2, 0.25) is 5.28 Å². The van der Waals surface area contributed by atoms with E-state index in [-0.39, 0.29) is 24.3 Å². The maximum absolute atomic E-state index is 10.9. The largest absolute Gasteiger partial charge is 0.447 e. The number of nitrogens with zero attached hydrogens (tertiary/aromatic N) is 2. The topological polar surface area (TPSA) is 84.3 Å². The van der Waals surface area contributed by atoms with Gasteiger partial charge < -0.3 is 9.84 Å². The minimum absolute atomic E-state index is 0.0324. The molecule has 0 saturated carbocycles. The summed E-state index contributed by atoms with van der Waals surface area (Å²) in [6.07, 6.45) is 0.700. The first kappa shape index (κ1) is 10.7. The summed E-state index contributed by atoms with van der Waals surface area (Å²) in [5.74, 6) is 0.243. The van der Waals surface area contributed by atoms with E-state index in [1.165, 1.54) is 12.3 Å². The van der Waals surface area contributed by atoms with E-state index in [9.17, 15) is 4.79 Å². The molecule has 1 aromatic rings. The number of aromatic nitrogens is 2. The summed E-state index contributed by atoms with van der Waals surface area (Å²) < 4.78 is 4.53. The molecule has 14 heavy (non-hydrogen) atoms. The zero-order chi connectivity index (χ0) is 10.4. The van der Waals surface area contributed by atoms with Crippen LogP contribution in [0.1, 0.15) is 0 Å². The van der Waals surface area contributed by atoms with E-state index in [1.807, 2.05) is 0 Å². The number of aliphatic hydroxyl groups excluding tert-OH is 1. The zero-order valence-corrected chi connectivity index (χ0v) is 7.86. The first-order chi connectivity index (χ1) is 6.72. The number of anilines is 1. The lowest BCUT2D eigenvalue weighted by atomic mass is 10.6. The molecule has 1 aromatic heterocycles. The number of carbonyl (C=O) groups excluding carboxylic acids is 1. The average molecular weight is 218 g/mol. The second-order valence-electron chi connectivity index (χ2n) is 2.20. The Bertz CT molecular complexity index is 321. The van der Waals surface area contributed by atoms with Gasteiger partial charge in [-0.2, -0.15) is 0 Å². The van der Waals surface area contributed by atoms with Crippen molar-refractivity contribution < 1.29 is 14.6 Å². The summed E-state index contributed by atoms with van der Waals surface area (Å²) in [7, 11) is 0. The number of halogens is 1. The highest BCUT2D eigenvalue weighted by Crippen LogP contribution is 2.05. The first-order valence-corrected chi connectivity index (χ1v) is 4.13. The third-order valence-corrected chi connectivity index (χ3v) is 1.36. The predicted octanol–water partition coefficient (Wildman–Crippen LogP) is 0.671. The summed E-state index contributed by atoms with van der Waals surface area (Å²) in [6.45, 7) is -0.289. The molecule has 0 atom stereocenters. The van der Waals surface area contributed by atoms with Gasteiger partial charge in [-0.1, -0.05) is 0 Å². The summed E-state index contributed by atoms with van der Waals surface area (Å²) in [4.78, 5) is 18.3. The van der Waals surface area contributed by atoms with Gasteiger partial charge in [0, 0.05) is 6.20 Å². The van der Waals surface area contributed by atoms with Gasteiger partial charge in [0.1, 0.15) is 12.4 Å². The highest BCUT2D eigenvalue weighted by Gasteiger charge is 2.03. The van der Waals surface area contributed by atoms with Crippen molar-refractivity contribution in [3.05, 3.63) is 17.5 Å². The molecule has 0 fully saturated rings. The number of aliphatic hydroxyl groups is 1. The van der Waals surface area contributed by atoms with Gasteiger partial charge in [0.15, 0.2) is 0 Å². The van der Waals surface area contributed by atoms with Crippen LogP contribution in [0.4, 0.5) is 10.6 Å². The molecule has 0 saturated heterocycles. The monoisotopic (exact) mass is 217 g/mol. The van der Waals surface area contributed by atoms with Crippen LogP contribution in [-0.4, -0.2) is 34.4 Å². The number of rotatable bonds is 3.